The number of rotatable bonds is 7. The second kappa shape index (κ2) is 9.14. The lowest BCUT2D eigenvalue weighted by atomic mass is 10.1. The molecule has 1 N–H and O–H groups in total. The van der Waals surface area contributed by atoms with Gasteiger partial charge in [0, 0.05) is 0 Å². The minimum absolute atomic E-state index is 0.207. The summed E-state index contributed by atoms with van der Waals surface area (Å²) in [5.74, 6) is -1.09. The lowest BCUT2D eigenvalue weighted by molar-refractivity contribution is -0.152. The Hall–Kier alpha value is -2.48. The molecule has 0 spiro atoms. The van der Waals surface area contributed by atoms with Crippen LogP contribution in [0.25, 0.3) is 10.2 Å². The SMILES string of the molecule is Cc1cc(C)c(NC(=O)COC(=O)COCc2nc3ccccc3s2)c(Cl)c1. The van der Waals surface area contributed by atoms with E-state index in [1.54, 1.807) is 6.07 Å². The van der Waals surface area contributed by atoms with E-state index in [0.717, 1.165) is 26.4 Å². The zero-order valence-electron chi connectivity index (χ0n) is 15.5. The maximum absolute atomic E-state index is 12.0. The Morgan fingerprint density at radius 1 is 1.18 bits per heavy atom. The van der Waals surface area contributed by atoms with E-state index in [1.807, 2.05) is 44.2 Å². The van der Waals surface area contributed by atoms with Crippen molar-refractivity contribution >= 4 is 50.7 Å². The Morgan fingerprint density at radius 2 is 1.96 bits per heavy atom. The van der Waals surface area contributed by atoms with Crippen LogP contribution in [0.4, 0.5) is 5.69 Å². The molecule has 1 aromatic heterocycles. The number of anilines is 1. The Kier molecular flexibility index (Phi) is 6.61. The molecule has 0 bridgehead atoms. The summed E-state index contributed by atoms with van der Waals surface area (Å²) < 4.78 is 11.3. The van der Waals surface area contributed by atoms with Gasteiger partial charge in [0.15, 0.2) is 6.61 Å². The quantitative estimate of drug-likeness (QED) is 0.580. The van der Waals surface area contributed by atoms with Gasteiger partial charge in [-0.05, 0) is 43.2 Å². The molecule has 0 radical (unpaired) electrons. The van der Waals surface area contributed by atoms with Crippen LogP contribution < -0.4 is 5.32 Å². The standard InChI is InChI=1S/C20H19ClN2O4S/c1-12-7-13(2)20(14(21)8-12)23-17(24)9-27-19(25)11-26-10-18-22-15-5-3-4-6-16(15)28-18/h3-8H,9-11H2,1-2H3,(H,23,24). The first-order chi connectivity index (χ1) is 13.4. The Bertz CT molecular complexity index is 962. The predicted molar refractivity (Wildman–Crippen MR) is 110 cm³/mol. The highest BCUT2D eigenvalue weighted by Gasteiger charge is 2.12. The van der Waals surface area contributed by atoms with Gasteiger partial charge in [-0.1, -0.05) is 29.8 Å². The maximum atomic E-state index is 12.0. The van der Waals surface area contributed by atoms with Gasteiger partial charge in [0.25, 0.3) is 5.91 Å². The average Bonchev–Trinajstić information content (AvgIpc) is 3.05. The molecule has 8 heteroatoms. The highest BCUT2D eigenvalue weighted by atomic mass is 35.5. The largest absolute Gasteiger partial charge is 0.454 e. The second-order valence-electron chi connectivity index (χ2n) is 6.22. The number of nitrogens with zero attached hydrogens (tertiary/aromatic N) is 1. The van der Waals surface area contributed by atoms with Crippen LogP contribution in [0.2, 0.25) is 5.02 Å². The zero-order chi connectivity index (χ0) is 20.1. The third kappa shape index (κ3) is 5.28. The molecule has 146 valence electrons. The molecule has 3 aromatic rings. The van der Waals surface area contributed by atoms with Crippen LogP contribution in [-0.2, 0) is 25.7 Å². The monoisotopic (exact) mass is 418 g/mol. The van der Waals surface area contributed by atoms with Crippen LogP contribution in [0.3, 0.4) is 0 Å². The Labute approximate surface area is 171 Å². The number of carbonyl (C=O) groups is 2. The fourth-order valence-corrected chi connectivity index (χ4v) is 3.91. The van der Waals surface area contributed by atoms with Crippen molar-refractivity contribution in [3.05, 3.63) is 57.6 Å². The molecule has 3 rings (SSSR count). The number of esters is 1. The molecule has 0 aliphatic heterocycles. The smallest absolute Gasteiger partial charge is 0.332 e. The number of hydrogen-bond donors (Lipinski definition) is 1. The summed E-state index contributed by atoms with van der Waals surface area (Å²) >= 11 is 7.66. The number of benzene rings is 2. The van der Waals surface area contributed by atoms with Gasteiger partial charge in [-0.2, -0.15) is 0 Å². The van der Waals surface area contributed by atoms with Crippen LogP contribution in [0.15, 0.2) is 36.4 Å². The van der Waals surface area contributed by atoms with E-state index in [0.29, 0.717) is 10.7 Å². The number of carbonyl (C=O) groups excluding carboxylic acids is 2. The number of halogens is 1. The summed E-state index contributed by atoms with van der Waals surface area (Å²) in [4.78, 5) is 28.2. The van der Waals surface area contributed by atoms with Crippen molar-refractivity contribution < 1.29 is 19.1 Å². The molecular formula is C20H19ClN2O4S. The number of aromatic nitrogens is 1. The first-order valence-electron chi connectivity index (χ1n) is 8.57. The van der Waals surface area contributed by atoms with E-state index in [-0.39, 0.29) is 13.2 Å². The molecule has 0 aliphatic carbocycles. The van der Waals surface area contributed by atoms with Crippen molar-refractivity contribution in [3.63, 3.8) is 0 Å². The van der Waals surface area contributed by atoms with E-state index in [1.165, 1.54) is 11.3 Å². The average molecular weight is 419 g/mol. The number of nitrogens with one attached hydrogen (secondary N) is 1. The normalized spacial score (nSPS) is 10.8. The van der Waals surface area contributed by atoms with Gasteiger partial charge in [-0.25, -0.2) is 9.78 Å². The molecular weight excluding hydrogens is 400 g/mol. The van der Waals surface area contributed by atoms with Gasteiger partial charge in [-0.15, -0.1) is 11.3 Å². The highest BCUT2D eigenvalue weighted by Crippen LogP contribution is 2.27. The fraction of sp³-hybridized carbons (Fsp3) is 0.250. The summed E-state index contributed by atoms with van der Waals surface area (Å²) in [5.41, 5.74) is 3.25. The topological polar surface area (TPSA) is 77.5 Å². The number of para-hydroxylation sites is 1. The van der Waals surface area contributed by atoms with Crippen LogP contribution in [0, 0.1) is 13.8 Å². The summed E-state index contributed by atoms with van der Waals surface area (Å²) in [5, 5.41) is 3.88. The summed E-state index contributed by atoms with van der Waals surface area (Å²) in [6.45, 7) is 3.30. The third-order valence-electron chi connectivity index (χ3n) is 3.84. The van der Waals surface area contributed by atoms with Crippen molar-refractivity contribution in [2.75, 3.05) is 18.5 Å². The minimum Gasteiger partial charge on any atom is -0.454 e. The molecule has 1 heterocycles. The number of amides is 1. The molecule has 2 aromatic carbocycles. The first-order valence-corrected chi connectivity index (χ1v) is 9.76. The number of aryl methyl sites for hydroxylation is 2. The van der Waals surface area contributed by atoms with E-state index in [9.17, 15) is 9.59 Å². The lowest BCUT2D eigenvalue weighted by Crippen LogP contribution is -2.23. The maximum Gasteiger partial charge on any atom is 0.332 e. The first kappa shape index (κ1) is 20.3. The molecule has 6 nitrogen and oxygen atoms in total. The van der Waals surface area contributed by atoms with E-state index in [4.69, 9.17) is 21.1 Å². The number of hydrogen-bond acceptors (Lipinski definition) is 6. The van der Waals surface area contributed by atoms with Crippen molar-refractivity contribution in [2.24, 2.45) is 0 Å². The number of thiazole rings is 1. The van der Waals surface area contributed by atoms with Gasteiger partial charge in [0.2, 0.25) is 0 Å². The van der Waals surface area contributed by atoms with Crippen LogP contribution in [-0.4, -0.2) is 30.1 Å². The molecule has 0 atom stereocenters. The zero-order valence-corrected chi connectivity index (χ0v) is 17.0. The number of ether oxygens (including phenoxy) is 2. The van der Waals surface area contributed by atoms with Gasteiger partial charge in [0.1, 0.15) is 11.6 Å². The van der Waals surface area contributed by atoms with Gasteiger partial charge in [-0.3, -0.25) is 4.79 Å². The molecule has 0 saturated carbocycles. The van der Waals surface area contributed by atoms with Gasteiger partial charge < -0.3 is 14.8 Å². The van der Waals surface area contributed by atoms with Crippen molar-refractivity contribution in [1.29, 1.82) is 0 Å². The molecule has 28 heavy (non-hydrogen) atoms. The fourth-order valence-electron chi connectivity index (χ4n) is 2.64. The molecule has 0 unspecified atom stereocenters. The van der Waals surface area contributed by atoms with E-state index < -0.39 is 18.5 Å². The van der Waals surface area contributed by atoms with Crippen LogP contribution in [0.5, 0.6) is 0 Å². The summed E-state index contributed by atoms with van der Waals surface area (Å²) in [7, 11) is 0. The summed E-state index contributed by atoms with van der Waals surface area (Å²) in [6, 6.07) is 11.4. The third-order valence-corrected chi connectivity index (χ3v) is 5.15. The lowest BCUT2D eigenvalue weighted by Gasteiger charge is -2.11. The van der Waals surface area contributed by atoms with Gasteiger partial charge in [0.05, 0.1) is 27.5 Å². The van der Waals surface area contributed by atoms with E-state index >= 15 is 0 Å². The van der Waals surface area contributed by atoms with Crippen LogP contribution in [0.1, 0.15) is 16.1 Å². The summed E-state index contributed by atoms with van der Waals surface area (Å²) in [6.07, 6.45) is 0. The molecule has 1 amide bonds. The second-order valence-corrected chi connectivity index (χ2v) is 7.74. The van der Waals surface area contributed by atoms with Crippen molar-refractivity contribution in [2.45, 2.75) is 20.5 Å². The number of fused-ring (bicyclic) bond motifs is 1. The highest BCUT2D eigenvalue weighted by molar-refractivity contribution is 7.18. The van der Waals surface area contributed by atoms with Gasteiger partial charge >= 0.3 is 5.97 Å². The van der Waals surface area contributed by atoms with Crippen LogP contribution >= 0.6 is 22.9 Å². The minimum atomic E-state index is -0.622. The Balaban J connectivity index is 1.42. The molecule has 0 fully saturated rings. The van der Waals surface area contributed by atoms with Crippen molar-refractivity contribution in [1.82, 2.24) is 4.98 Å². The predicted octanol–water partition coefficient (Wildman–Crippen LogP) is 4.27. The molecule has 0 aliphatic rings. The van der Waals surface area contributed by atoms with Crippen molar-refractivity contribution in [3.8, 4) is 0 Å². The Morgan fingerprint density at radius 3 is 2.71 bits per heavy atom. The molecule has 0 saturated heterocycles. The van der Waals surface area contributed by atoms with E-state index in [2.05, 4.69) is 10.3 Å².